The summed E-state index contributed by atoms with van der Waals surface area (Å²) in [5.74, 6) is 1.39. The first kappa shape index (κ1) is 13.2. The molecule has 0 bridgehead atoms. The first-order valence-corrected chi connectivity index (χ1v) is 6.51. The highest BCUT2D eigenvalue weighted by Crippen LogP contribution is 2.29. The van der Waals surface area contributed by atoms with Gasteiger partial charge in [0.2, 0.25) is 5.88 Å². The van der Waals surface area contributed by atoms with Crippen LogP contribution in [-0.2, 0) is 0 Å². The van der Waals surface area contributed by atoms with E-state index in [1.807, 2.05) is 47.1 Å². The highest BCUT2D eigenvalue weighted by atomic mass is 16.5. The van der Waals surface area contributed by atoms with Crippen molar-refractivity contribution in [3.63, 3.8) is 0 Å². The van der Waals surface area contributed by atoms with Crippen molar-refractivity contribution >= 4 is 0 Å². The van der Waals surface area contributed by atoms with Gasteiger partial charge in [-0.05, 0) is 42.5 Å². The van der Waals surface area contributed by atoms with Crippen molar-refractivity contribution in [3.8, 4) is 28.6 Å². The molecule has 2 aromatic heterocycles. The molecule has 0 radical (unpaired) electrons. The van der Waals surface area contributed by atoms with Gasteiger partial charge >= 0.3 is 0 Å². The van der Waals surface area contributed by atoms with Crippen molar-refractivity contribution in [2.45, 2.75) is 0 Å². The van der Waals surface area contributed by atoms with E-state index in [0.717, 1.165) is 22.7 Å². The van der Waals surface area contributed by atoms with E-state index in [9.17, 15) is 0 Å². The molecule has 0 aliphatic carbocycles. The average molecular weight is 281 g/mol. The molecule has 0 atom stereocenters. The number of rotatable bonds is 4. The zero-order valence-corrected chi connectivity index (χ0v) is 11.9. The lowest BCUT2D eigenvalue weighted by Crippen LogP contribution is -2.00. The van der Waals surface area contributed by atoms with Crippen LogP contribution in [0.4, 0.5) is 0 Å². The fourth-order valence-electron chi connectivity index (χ4n) is 2.18. The summed E-state index contributed by atoms with van der Waals surface area (Å²) in [6, 6.07) is 13.5. The third-order valence-corrected chi connectivity index (χ3v) is 3.20. The Morgan fingerprint density at radius 1 is 0.905 bits per heavy atom. The number of aromatic nitrogens is 3. The minimum atomic E-state index is 0.577. The van der Waals surface area contributed by atoms with Gasteiger partial charge < -0.3 is 9.47 Å². The summed E-state index contributed by atoms with van der Waals surface area (Å²) in [6.45, 7) is 0. The van der Waals surface area contributed by atoms with E-state index in [2.05, 4.69) is 10.1 Å². The average Bonchev–Trinajstić information content (AvgIpc) is 3.04. The Morgan fingerprint density at radius 3 is 2.43 bits per heavy atom. The highest BCUT2D eigenvalue weighted by molar-refractivity contribution is 5.67. The number of benzene rings is 1. The topological polar surface area (TPSA) is 49.2 Å². The van der Waals surface area contributed by atoms with Crippen LogP contribution in [0.5, 0.6) is 11.6 Å². The molecule has 0 saturated heterocycles. The van der Waals surface area contributed by atoms with Crippen LogP contribution in [0.2, 0.25) is 0 Å². The van der Waals surface area contributed by atoms with Crippen molar-refractivity contribution in [1.82, 2.24) is 14.8 Å². The van der Waals surface area contributed by atoms with Gasteiger partial charge in [0.05, 0.1) is 37.4 Å². The van der Waals surface area contributed by atoms with Gasteiger partial charge in [-0.1, -0.05) is 0 Å². The van der Waals surface area contributed by atoms with Gasteiger partial charge in [-0.25, -0.2) is 9.67 Å². The fourth-order valence-corrected chi connectivity index (χ4v) is 2.18. The number of ether oxygens (including phenoxy) is 2. The number of hydrogen-bond acceptors (Lipinski definition) is 4. The predicted octanol–water partition coefficient (Wildman–Crippen LogP) is 2.95. The van der Waals surface area contributed by atoms with Gasteiger partial charge in [-0.3, -0.25) is 0 Å². The lowest BCUT2D eigenvalue weighted by Gasteiger charge is -2.10. The Balaban J connectivity index is 2.08. The number of pyridine rings is 1. The van der Waals surface area contributed by atoms with Crippen LogP contribution in [0.3, 0.4) is 0 Å². The van der Waals surface area contributed by atoms with Crippen LogP contribution in [0.25, 0.3) is 16.9 Å². The lowest BCUT2D eigenvalue weighted by molar-refractivity contribution is 0.399. The quantitative estimate of drug-likeness (QED) is 0.737. The van der Waals surface area contributed by atoms with Crippen molar-refractivity contribution in [2.24, 2.45) is 0 Å². The van der Waals surface area contributed by atoms with Crippen LogP contribution in [-0.4, -0.2) is 29.0 Å². The molecule has 0 unspecified atom stereocenters. The third kappa shape index (κ3) is 2.45. The van der Waals surface area contributed by atoms with Crippen molar-refractivity contribution in [1.29, 1.82) is 0 Å². The van der Waals surface area contributed by atoms with Crippen LogP contribution in [0, 0.1) is 0 Å². The number of methoxy groups -OCH3 is 2. The van der Waals surface area contributed by atoms with Gasteiger partial charge in [0, 0.05) is 6.20 Å². The fraction of sp³-hybridized carbons (Fsp3) is 0.125. The Bertz CT molecular complexity index is 735. The van der Waals surface area contributed by atoms with Crippen LogP contribution in [0.15, 0.2) is 54.9 Å². The smallest absolute Gasteiger partial charge is 0.222 e. The van der Waals surface area contributed by atoms with Crippen LogP contribution >= 0.6 is 0 Å². The molecule has 0 aliphatic heterocycles. The standard InChI is InChI=1S/C16H15N3O2/c1-20-13-7-5-12(6-8-13)19-15(9-11-18-19)14-4-3-10-17-16(14)21-2/h3-11H,1-2H3. The van der Waals surface area contributed by atoms with E-state index in [1.165, 1.54) is 0 Å². The largest absolute Gasteiger partial charge is 0.497 e. The monoisotopic (exact) mass is 281 g/mol. The SMILES string of the molecule is COc1ccc(-n2nccc2-c2cccnc2OC)cc1. The zero-order valence-electron chi connectivity index (χ0n) is 11.9. The summed E-state index contributed by atoms with van der Waals surface area (Å²) in [4.78, 5) is 4.23. The molecular weight excluding hydrogens is 266 g/mol. The maximum absolute atomic E-state index is 5.32. The van der Waals surface area contributed by atoms with Crippen molar-refractivity contribution in [3.05, 3.63) is 54.9 Å². The molecule has 5 heteroatoms. The van der Waals surface area contributed by atoms with Crippen molar-refractivity contribution < 1.29 is 9.47 Å². The summed E-state index contributed by atoms with van der Waals surface area (Å²) >= 11 is 0. The van der Waals surface area contributed by atoms with Gasteiger partial charge in [0.15, 0.2) is 0 Å². The molecule has 3 rings (SSSR count). The minimum absolute atomic E-state index is 0.577. The first-order chi connectivity index (χ1) is 10.3. The van der Waals surface area contributed by atoms with E-state index >= 15 is 0 Å². The Labute approximate surface area is 122 Å². The third-order valence-electron chi connectivity index (χ3n) is 3.20. The highest BCUT2D eigenvalue weighted by Gasteiger charge is 2.12. The molecule has 2 heterocycles. The summed E-state index contributed by atoms with van der Waals surface area (Å²) in [5.41, 5.74) is 2.76. The summed E-state index contributed by atoms with van der Waals surface area (Å²) in [6.07, 6.45) is 3.46. The molecule has 21 heavy (non-hydrogen) atoms. The summed E-state index contributed by atoms with van der Waals surface area (Å²) in [5, 5.41) is 4.39. The van der Waals surface area contributed by atoms with Crippen LogP contribution < -0.4 is 9.47 Å². The zero-order chi connectivity index (χ0) is 14.7. The second-order valence-corrected chi connectivity index (χ2v) is 4.39. The molecule has 0 fully saturated rings. The van der Waals surface area contributed by atoms with E-state index in [0.29, 0.717) is 5.88 Å². The Morgan fingerprint density at radius 2 is 1.71 bits per heavy atom. The molecule has 0 N–H and O–H groups in total. The van der Waals surface area contributed by atoms with Gasteiger partial charge in [-0.15, -0.1) is 0 Å². The summed E-state index contributed by atoms with van der Waals surface area (Å²) in [7, 11) is 3.26. The second kappa shape index (κ2) is 5.66. The predicted molar refractivity (Wildman–Crippen MR) is 79.9 cm³/mol. The summed E-state index contributed by atoms with van der Waals surface area (Å²) < 4.78 is 12.3. The molecule has 106 valence electrons. The maximum atomic E-state index is 5.32. The van der Waals surface area contributed by atoms with Gasteiger partial charge in [0.1, 0.15) is 5.75 Å². The molecule has 0 aliphatic rings. The molecule has 0 saturated carbocycles. The molecule has 0 amide bonds. The van der Waals surface area contributed by atoms with E-state index in [1.54, 1.807) is 26.6 Å². The van der Waals surface area contributed by atoms with E-state index in [-0.39, 0.29) is 0 Å². The maximum Gasteiger partial charge on any atom is 0.222 e. The van der Waals surface area contributed by atoms with Gasteiger partial charge in [0.25, 0.3) is 0 Å². The van der Waals surface area contributed by atoms with Gasteiger partial charge in [-0.2, -0.15) is 5.10 Å². The minimum Gasteiger partial charge on any atom is -0.497 e. The second-order valence-electron chi connectivity index (χ2n) is 4.39. The first-order valence-electron chi connectivity index (χ1n) is 6.51. The molecule has 1 aromatic carbocycles. The molecule has 0 spiro atoms. The van der Waals surface area contributed by atoms with E-state index in [4.69, 9.17) is 9.47 Å². The molecular formula is C16H15N3O2. The van der Waals surface area contributed by atoms with Crippen LogP contribution in [0.1, 0.15) is 0 Å². The molecule has 3 aromatic rings. The normalized spacial score (nSPS) is 10.4. The van der Waals surface area contributed by atoms with E-state index < -0.39 is 0 Å². The lowest BCUT2D eigenvalue weighted by atomic mass is 10.2. The molecule has 5 nitrogen and oxygen atoms in total. The van der Waals surface area contributed by atoms with Crippen molar-refractivity contribution in [2.75, 3.05) is 14.2 Å². The Kier molecular flexibility index (Phi) is 3.55. The Hall–Kier alpha value is -2.82. The number of nitrogens with zero attached hydrogens (tertiary/aromatic N) is 3. The number of hydrogen-bond donors (Lipinski definition) is 0.